The summed E-state index contributed by atoms with van der Waals surface area (Å²) in [6, 6.07) is 0. The first kappa shape index (κ1) is 18.9. The number of rotatable bonds is 9. The van der Waals surface area contributed by atoms with E-state index >= 15 is 0 Å². The van der Waals surface area contributed by atoms with Gasteiger partial charge in [-0.25, -0.2) is 4.98 Å². The van der Waals surface area contributed by atoms with Crippen molar-refractivity contribution in [3.8, 4) is 11.1 Å². The van der Waals surface area contributed by atoms with Crippen molar-refractivity contribution in [2.24, 2.45) is 0 Å². The van der Waals surface area contributed by atoms with Crippen LogP contribution in [0.15, 0.2) is 18.6 Å². The third-order valence-corrected chi connectivity index (χ3v) is 6.09. The van der Waals surface area contributed by atoms with Crippen molar-refractivity contribution >= 4 is 5.82 Å². The van der Waals surface area contributed by atoms with Crippen molar-refractivity contribution in [2.45, 2.75) is 90.5 Å². The van der Waals surface area contributed by atoms with E-state index in [1.54, 1.807) is 0 Å². The lowest BCUT2D eigenvalue weighted by Crippen LogP contribution is -2.37. The number of nitrogen functional groups attached to an aromatic ring is 1. The van der Waals surface area contributed by atoms with E-state index in [0.29, 0.717) is 5.82 Å². The topological polar surface area (TPSA) is 56.7 Å². The van der Waals surface area contributed by atoms with Gasteiger partial charge in [0.1, 0.15) is 5.82 Å². The molecule has 0 unspecified atom stereocenters. The first-order chi connectivity index (χ1) is 12.5. The van der Waals surface area contributed by atoms with Gasteiger partial charge in [0.05, 0.1) is 11.7 Å². The Morgan fingerprint density at radius 2 is 1.85 bits per heavy atom. The molecule has 3 rings (SSSR count). The largest absolute Gasteiger partial charge is 0.383 e. The molecule has 2 N–H and O–H groups in total. The van der Waals surface area contributed by atoms with Gasteiger partial charge >= 0.3 is 0 Å². The molecule has 0 spiro atoms. The summed E-state index contributed by atoms with van der Waals surface area (Å²) in [6.07, 6.45) is 18.9. The van der Waals surface area contributed by atoms with Crippen molar-refractivity contribution in [1.82, 2.24) is 14.8 Å². The Hall–Kier alpha value is -1.84. The lowest BCUT2D eigenvalue weighted by molar-refractivity contribution is 0.149. The molecule has 142 valence electrons. The maximum Gasteiger partial charge on any atom is 0.126 e. The number of unbranched alkanes of at least 4 members (excludes halogenated alkanes) is 5. The molecular formula is C22H34N4. The van der Waals surface area contributed by atoms with E-state index in [1.165, 1.54) is 74.5 Å². The van der Waals surface area contributed by atoms with E-state index in [2.05, 4.69) is 41.7 Å². The van der Waals surface area contributed by atoms with E-state index in [-0.39, 0.29) is 5.54 Å². The number of nitrogens with two attached hydrogens (primary N) is 1. The number of aryl methyl sites for hydroxylation is 1. The van der Waals surface area contributed by atoms with Gasteiger partial charge < -0.3 is 5.73 Å². The van der Waals surface area contributed by atoms with Crippen LogP contribution in [0.1, 0.15) is 82.8 Å². The standard InChI is InChI=1S/C22H34N4/c1-4-5-6-7-8-9-11-18-14-24-21(23)17(2)20(18)19-15-25-26(16-19)22(3)12-10-13-22/h14-16H,4-13H2,1-3H3,(H2,23,24). The van der Waals surface area contributed by atoms with Crippen LogP contribution >= 0.6 is 0 Å². The predicted octanol–water partition coefficient (Wildman–Crippen LogP) is 5.64. The molecule has 1 aliphatic rings. The van der Waals surface area contributed by atoms with Gasteiger partial charge in [0, 0.05) is 18.0 Å². The van der Waals surface area contributed by atoms with Crippen molar-refractivity contribution in [3.05, 3.63) is 29.7 Å². The Labute approximate surface area is 158 Å². The second-order valence-electron chi connectivity index (χ2n) is 8.21. The van der Waals surface area contributed by atoms with Crippen LogP contribution in [0.4, 0.5) is 5.82 Å². The molecule has 1 fully saturated rings. The molecule has 4 heteroatoms. The van der Waals surface area contributed by atoms with Crippen LogP contribution in [0, 0.1) is 6.92 Å². The molecule has 0 aromatic carbocycles. The van der Waals surface area contributed by atoms with Gasteiger partial charge in [0.25, 0.3) is 0 Å². The number of nitrogens with zero attached hydrogens (tertiary/aromatic N) is 3. The molecule has 26 heavy (non-hydrogen) atoms. The highest BCUT2D eigenvalue weighted by atomic mass is 15.3. The maximum absolute atomic E-state index is 6.13. The zero-order valence-corrected chi connectivity index (χ0v) is 16.7. The maximum atomic E-state index is 6.13. The number of hydrogen-bond donors (Lipinski definition) is 1. The fraction of sp³-hybridized carbons (Fsp3) is 0.636. The summed E-state index contributed by atoms with van der Waals surface area (Å²) in [7, 11) is 0. The molecule has 4 nitrogen and oxygen atoms in total. The fourth-order valence-corrected chi connectivity index (χ4v) is 4.03. The van der Waals surface area contributed by atoms with Gasteiger partial charge in [0.15, 0.2) is 0 Å². The van der Waals surface area contributed by atoms with Gasteiger partial charge in [-0.2, -0.15) is 5.10 Å². The van der Waals surface area contributed by atoms with E-state index in [0.717, 1.165) is 12.0 Å². The minimum absolute atomic E-state index is 0.199. The van der Waals surface area contributed by atoms with Crippen LogP contribution in [0.3, 0.4) is 0 Å². The Bertz CT molecular complexity index is 728. The average Bonchev–Trinajstić information content (AvgIpc) is 3.09. The molecule has 0 bridgehead atoms. The molecule has 0 radical (unpaired) electrons. The summed E-state index contributed by atoms with van der Waals surface area (Å²) >= 11 is 0. The predicted molar refractivity (Wildman–Crippen MR) is 109 cm³/mol. The van der Waals surface area contributed by atoms with Crippen LogP contribution in [0.2, 0.25) is 0 Å². The molecule has 1 saturated carbocycles. The SMILES string of the molecule is CCCCCCCCc1cnc(N)c(C)c1-c1cnn(C2(C)CCC2)c1. The number of hydrogen-bond acceptors (Lipinski definition) is 3. The monoisotopic (exact) mass is 354 g/mol. The lowest BCUT2D eigenvalue weighted by Gasteiger charge is -2.38. The minimum atomic E-state index is 0.199. The van der Waals surface area contributed by atoms with E-state index in [9.17, 15) is 0 Å². The molecule has 0 amide bonds. The fourth-order valence-electron chi connectivity index (χ4n) is 4.03. The van der Waals surface area contributed by atoms with E-state index < -0.39 is 0 Å². The van der Waals surface area contributed by atoms with E-state index in [1.807, 2.05) is 12.4 Å². The second-order valence-corrected chi connectivity index (χ2v) is 8.21. The summed E-state index contributed by atoms with van der Waals surface area (Å²) < 4.78 is 2.16. The van der Waals surface area contributed by atoms with Crippen LogP contribution in [-0.2, 0) is 12.0 Å². The first-order valence-electron chi connectivity index (χ1n) is 10.3. The van der Waals surface area contributed by atoms with Crippen molar-refractivity contribution in [3.63, 3.8) is 0 Å². The summed E-state index contributed by atoms with van der Waals surface area (Å²) in [6.45, 7) is 6.66. The third kappa shape index (κ3) is 3.94. The Balaban J connectivity index is 1.76. The molecule has 0 aliphatic heterocycles. The lowest BCUT2D eigenvalue weighted by atomic mass is 9.79. The number of aromatic nitrogens is 3. The summed E-state index contributed by atoms with van der Waals surface area (Å²) in [5, 5.41) is 4.68. The highest BCUT2D eigenvalue weighted by molar-refractivity contribution is 5.73. The van der Waals surface area contributed by atoms with Crippen molar-refractivity contribution in [2.75, 3.05) is 5.73 Å². The normalized spacial score (nSPS) is 15.8. The van der Waals surface area contributed by atoms with Gasteiger partial charge in [-0.05, 0) is 62.6 Å². The molecular weight excluding hydrogens is 320 g/mol. The highest BCUT2D eigenvalue weighted by Crippen LogP contribution is 2.39. The van der Waals surface area contributed by atoms with E-state index in [4.69, 9.17) is 5.73 Å². The summed E-state index contributed by atoms with van der Waals surface area (Å²) in [5.41, 5.74) is 11.2. The Morgan fingerprint density at radius 3 is 2.54 bits per heavy atom. The molecule has 2 heterocycles. The highest BCUT2D eigenvalue weighted by Gasteiger charge is 2.34. The van der Waals surface area contributed by atoms with Crippen LogP contribution in [0.25, 0.3) is 11.1 Å². The zero-order valence-electron chi connectivity index (χ0n) is 16.7. The van der Waals surface area contributed by atoms with Gasteiger partial charge in [-0.15, -0.1) is 0 Å². The van der Waals surface area contributed by atoms with Crippen LogP contribution in [0.5, 0.6) is 0 Å². The summed E-state index contributed by atoms with van der Waals surface area (Å²) in [5.74, 6) is 0.634. The Kier molecular flexibility index (Phi) is 6.00. The van der Waals surface area contributed by atoms with Crippen LogP contribution < -0.4 is 5.73 Å². The number of anilines is 1. The number of pyridine rings is 1. The van der Waals surface area contributed by atoms with Gasteiger partial charge in [-0.1, -0.05) is 39.0 Å². The third-order valence-electron chi connectivity index (χ3n) is 6.09. The molecule has 0 atom stereocenters. The Morgan fingerprint density at radius 1 is 1.12 bits per heavy atom. The van der Waals surface area contributed by atoms with Gasteiger partial charge in [0.2, 0.25) is 0 Å². The van der Waals surface area contributed by atoms with Crippen molar-refractivity contribution in [1.29, 1.82) is 0 Å². The zero-order chi connectivity index (χ0) is 18.6. The minimum Gasteiger partial charge on any atom is -0.383 e. The molecule has 2 aromatic rings. The second kappa shape index (κ2) is 8.24. The summed E-state index contributed by atoms with van der Waals surface area (Å²) in [4.78, 5) is 4.43. The van der Waals surface area contributed by atoms with Crippen molar-refractivity contribution < 1.29 is 0 Å². The quantitative estimate of drug-likeness (QED) is 0.593. The van der Waals surface area contributed by atoms with Gasteiger partial charge in [-0.3, -0.25) is 4.68 Å². The smallest absolute Gasteiger partial charge is 0.126 e. The first-order valence-corrected chi connectivity index (χ1v) is 10.3. The molecule has 1 aliphatic carbocycles. The van der Waals surface area contributed by atoms with Crippen LogP contribution in [-0.4, -0.2) is 14.8 Å². The average molecular weight is 355 g/mol. The molecule has 0 saturated heterocycles. The molecule has 2 aromatic heterocycles.